The summed E-state index contributed by atoms with van der Waals surface area (Å²) in [5, 5.41) is 11.5. The third-order valence-corrected chi connectivity index (χ3v) is 4.13. The first-order chi connectivity index (χ1) is 10.8. The van der Waals surface area contributed by atoms with Crippen LogP contribution in [-0.4, -0.2) is 21.2 Å². The molecule has 2 heterocycles. The molecule has 0 aliphatic heterocycles. The second-order valence-corrected chi connectivity index (χ2v) is 5.89. The average molecular weight is 302 g/mol. The number of aromatic amines is 1. The number of hydrogen-bond donors (Lipinski definition) is 2. The molecule has 0 aromatic carbocycles. The molecule has 0 radical (unpaired) electrons. The SMILES string of the molecule is O=c1[nH]c(NC2CCCCCCC2)nnc1Cc1ccco1. The molecule has 6 nitrogen and oxygen atoms in total. The molecular weight excluding hydrogens is 280 g/mol. The average Bonchev–Trinajstić information content (AvgIpc) is 2.98. The van der Waals surface area contributed by atoms with E-state index in [1.165, 1.54) is 32.1 Å². The molecule has 2 aromatic rings. The molecule has 1 fully saturated rings. The zero-order valence-electron chi connectivity index (χ0n) is 12.7. The van der Waals surface area contributed by atoms with Gasteiger partial charge in [0.15, 0.2) is 0 Å². The van der Waals surface area contributed by atoms with Crippen LogP contribution in [0.4, 0.5) is 5.95 Å². The molecule has 0 atom stereocenters. The van der Waals surface area contributed by atoms with Gasteiger partial charge < -0.3 is 9.73 Å². The Kier molecular flexibility index (Phi) is 4.88. The lowest BCUT2D eigenvalue weighted by Crippen LogP contribution is -2.26. The van der Waals surface area contributed by atoms with E-state index in [1.54, 1.807) is 12.3 Å². The summed E-state index contributed by atoms with van der Waals surface area (Å²) in [6, 6.07) is 3.99. The molecule has 1 aliphatic carbocycles. The molecular formula is C16H22N4O2. The minimum atomic E-state index is -0.209. The van der Waals surface area contributed by atoms with Crippen LogP contribution in [-0.2, 0) is 6.42 Å². The largest absolute Gasteiger partial charge is 0.469 e. The Labute approximate surface area is 129 Å². The minimum Gasteiger partial charge on any atom is -0.469 e. The topological polar surface area (TPSA) is 83.8 Å². The van der Waals surface area contributed by atoms with Crippen molar-refractivity contribution in [2.75, 3.05) is 5.32 Å². The van der Waals surface area contributed by atoms with E-state index in [4.69, 9.17) is 4.42 Å². The number of furan rings is 1. The first kappa shape index (κ1) is 14.8. The second-order valence-electron chi connectivity index (χ2n) is 5.89. The molecule has 0 spiro atoms. The fraction of sp³-hybridized carbons (Fsp3) is 0.562. The van der Waals surface area contributed by atoms with Gasteiger partial charge in [0.25, 0.3) is 5.56 Å². The van der Waals surface area contributed by atoms with Crippen molar-refractivity contribution in [3.63, 3.8) is 0 Å². The maximum absolute atomic E-state index is 12.1. The Bertz CT molecular complexity index is 628. The van der Waals surface area contributed by atoms with Gasteiger partial charge in [0.1, 0.15) is 11.5 Å². The monoisotopic (exact) mass is 302 g/mol. The number of rotatable bonds is 4. The van der Waals surface area contributed by atoms with Crippen molar-refractivity contribution in [2.45, 2.75) is 57.4 Å². The van der Waals surface area contributed by atoms with Gasteiger partial charge in [-0.15, -0.1) is 10.2 Å². The standard InChI is InChI=1S/C16H22N4O2/c21-15-14(11-13-9-6-10-22-13)19-20-16(18-15)17-12-7-4-2-1-3-5-8-12/h6,9-10,12H,1-5,7-8,11H2,(H2,17,18,20,21). The van der Waals surface area contributed by atoms with Crippen molar-refractivity contribution in [1.82, 2.24) is 15.2 Å². The predicted octanol–water partition coefficient (Wildman–Crippen LogP) is 2.87. The Balaban J connectivity index is 1.64. The molecule has 2 aromatic heterocycles. The van der Waals surface area contributed by atoms with Crippen LogP contribution in [0.15, 0.2) is 27.6 Å². The van der Waals surface area contributed by atoms with Gasteiger partial charge in [-0.2, -0.15) is 0 Å². The van der Waals surface area contributed by atoms with Gasteiger partial charge in [-0.05, 0) is 25.0 Å². The third kappa shape index (κ3) is 3.96. The van der Waals surface area contributed by atoms with E-state index in [9.17, 15) is 4.79 Å². The number of nitrogens with zero attached hydrogens (tertiary/aromatic N) is 2. The number of aromatic nitrogens is 3. The van der Waals surface area contributed by atoms with Gasteiger partial charge in [0, 0.05) is 6.04 Å². The van der Waals surface area contributed by atoms with Crippen LogP contribution < -0.4 is 10.9 Å². The summed E-state index contributed by atoms with van der Waals surface area (Å²) < 4.78 is 5.23. The zero-order valence-corrected chi connectivity index (χ0v) is 12.7. The van der Waals surface area contributed by atoms with E-state index in [0.717, 1.165) is 12.8 Å². The number of H-pyrrole nitrogens is 1. The number of nitrogens with one attached hydrogen (secondary N) is 2. The van der Waals surface area contributed by atoms with Crippen LogP contribution in [0.3, 0.4) is 0 Å². The lowest BCUT2D eigenvalue weighted by Gasteiger charge is -2.20. The molecule has 22 heavy (non-hydrogen) atoms. The van der Waals surface area contributed by atoms with E-state index in [1.807, 2.05) is 6.07 Å². The highest BCUT2D eigenvalue weighted by atomic mass is 16.3. The first-order valence-electron chi connectivity index (χ1n) is 8.06. The van der Waals surface area contributed by atoms with Crippen molar-refractivity contribution >= 4 is 5.95 Å². The van der Waals surface area contributed by atoms with Crippen LogP contribution in [0.25, 0.3) is 0 Å². The van der Waals surface area contributed by atoms with E-state index < -0.39 is 0 Å². The van der Waals surface area contributed by atoms with Crippen LogP contribution >= 0.6 is 0 Å². The zero-order chi connectivity index (χ0) is 15.2. The normalized spacial score (nSPS) is 16.9. The highest BCUT2D eigenvalue weighted by Gasteiger charge is 2.13. The van der Waals surface area contributed by atoms with Crippen molar-refractivity contribution < 1.29 is 4.42 Å². The molecule has 0 unspecified atom stereocenters. The van der Waals surface area contributed by atoms with Gasteiger partial charge in [-0.25, -0.2) is 0 Å². The summed E-state index contributed by atoms with van der Waals surface area (Å²) >= 11 is 0. The number of anilines is 1. The molecule has 0 bridgehead atoms. The Morgan fingerprint density at radius 1 is 1.18 bits per heavy atom. The second kappa shape index (κ2) is 7.24. The van der Waals surface area contributed by atoms with Crippen molar-refractivity contribution in [3.8, 4) is 0 Å². The first-order valence-corrected chi connectivity index (χ1v) is 8.06. The Hall–Kier alpha value is -2.11. The lowest BCUT2D eigenvalue weighted by atomic mass is 9.97. The van der Waals surface area contributed by atoms with Crippen molar-refractivity contribution in [2.24, 2.45) is 0 Å². The van der Waals surface area contributed by atoms with Crippen LogP contribution in [0.5, 0.6) is 0 Å². The molecule has 3 rings (SSSR count). The predicted molar refractivity (Wildman–Crippen MR) is 83.9 cm³/mol. The van der Waals surface area contributed by atoms with Crippen molar-refractivity contribution in [1.29, 1.82) is 0 Å². The van der Waals surface area contributed by atoms with Gasteiger partial charge >= 0.3 is 0 Å². The maximum atomic E-state index is 12.1. The van der Waals surface area contributed by atoms with Crippen molar-refractivity contribution in [3.05, 3.63) is 40.2 Å². The fourth-order valence-corrected chi connectivity index (χ4v) is 2.91. The molecule has 0 saturated heterocycles. The molecule has 6 heteroatoms. The summed E-state index contributed by atoms with van der Waals surface area (Å²) in [4.78, 5) is 14.9. The van der Waals surface area contributed by atoms with Gasteiger partial charge in [0.05, 0.1) is 12.7 Å². The van der Waals surface area contributed by atoms with Gasteiger partial charge in [0.2, 0.25) is 5.95 Å². The van der Waals surface area contributed by atoms with E-state index in [2.05, 4.69) is 20.5 Å². The smallest absolute Gasteiger partial charge is 0.274 e. The summed E-state index contributed by atoms with van der Waals surface area (Å²) in [6.45, 7) is 0. The Morgan fingerprint density at radius 2 is 1.95 bits per heavy atom. The summed E-state index contributed by atoms with van der Waals surface area (Å²) in [5.41, 5.74) is 0.165. The Morgan fingerprint density at radius 3 is 2.64 bits per heavy atom. The fourth-order valence-electron chi connectivity index (χ4n) is 2.91. The van der Waals surface area contributed by atoms with Crippen LogP contribution in [0.2, 0.25) is 0 Å². The molecule has 0 amide bonds. The highest BCUT2D eigenvalue weighted by Crippen LogP contribution is 2.19. The molecule has 118 valence electrons. The van der Waals surface area contributed by atoms with Crippen LogP contribution in [0.1, 0.15) is 56.4 Å². The minimum absolute atomic E-state index is 0.209. The molecule has 1 saturated carbocycles. The summed E-state index contributed by atoms with van der Waals surface area (Å²) in [7, 11) is 0. The van der Waals surface area contributed by atoms with E-state index in [-0.39, 0.29) is 5.56 Å². The van der Waals surface area contributed by atoms with Gasteiger partial charge in [-0.3, -0.25) is 9.78 Å². The molecule has 2 N–H and O–H groups in total. The quantitative estimate of drug-likeness (QED) is 0.907. The van der Waals surface area contributed by atoms with E-state index in [0.29, 0.717) is 29.9 Å². The highest BCUT2D eigenvalue weighted by molar-refractivity contribution is 5.24. The van der Waals surface area contributed by atoms with Gasteiger partial charge in [-0.1, -0.05) is 32.1 Å². The summed E-state index contributed by atoms with van der Waals surface area (Å²) in [6.07, 6.45) is 10.6. The molecule has 1 aliphatic rings. The lowest BCUT2D eigenvalue weighted by molar-refractivity contribution is 0.469. The third-order valence-electron chi connectivity index (χ3n) is 4.13. The van der Waals surface area contributed by atoms with E-state index >= 15 is 0 Å². The van der Waals surface area contributed by atoms with Crippen LogP contribution in [0, 0.1) is 0 Å². The maximum Gasteiger partial charge on any atom is 0.274 e. The number of hydrogen-bond acceptors (Lipinski definition) is 5. The summed E-state index contributed by atoms with van der Waals surface area (Å²) in [5.74, 6) is 1.18.